The van der Waals surface area contributed by atoms with Gasteiger partial charge in [-0.2, -0.15) is 0 Å². The molecule has 40 heavy (non-hydrogen) atoms. The maximum Gasteiger partial charge on any atom is 0.256 e. The lowest BCUT2D eigenvalue weighted by Gasteiger charge is -2.08. The van der Waals surface area contributed by atoms with Gasteiger partial charge in [0, 0.05) is 6.42 Å². The van der Waals surface area contributed by atoms with Crippen molar-refractivity contribution in [2.75, 3.05) is 0 Å². The van der Waals surface area contributed by atoms with Crippen LogP contribution in [0.15, 0.2) is 12.4 Å². The summed E-state index contributed by atoms with van der Waals surface area (Å²) in [6.45, 7) is 10.5. The highest BCUT2D eigenvalue weighted by Crippen LogP contribution is 2.16. The predicted molar refractivity (Wildman–Crippen MR) is 179 cm³/mol. The fourth-order valence-corrected chi connectivity index (χ4v) is 6.37. The van der Waals surface area contributed by atoms with Gasteiger partial charge in [-0.15, -0.1) is 0 Å². The van der Waals surface area contributed by atoms with E-state index in [4.69, 9.17) is 0 Å². The van der Waals surface area contributed by atoms with Crippen molar-refractivity contribution in [2.24, 2.45) is 0 Å². The summed E-state index contributed by atoms with van der Waals surface area (Å²) in [5, 5.41) is 0. The van der Waals surface area contributed by atoms with Crippen LogP contribution >= 0.6 is 0 Å². The van der Waals surface area contributed by atoms with Crippen LogP contribution in [0.4, 0.5) is 0 Å². The van der Waals surface area contributed by atoms with Gasteiger partial charge < -0.3 is 0 Å². The van der Waals surface area contributed by atoms with E-state index in [0.717, 1.165) is 0 Å². The summed E-state index contributed by atoms with van der Waals surface area (Å²) in [6, 6.07) is 0.569. The first kappa shape index (κ1) is 37.2. The number of hydrogen-bond donors (Lipinski definition) is 0. The Kier molecular flexibility index (Phi) is 26.4. The van der Waals surface area contributed by atoms with E-state index in [1.165, 1.54) is 193 Å². The minimum Gasteiger partial charge on any atom is -0.234 e. The number of imidazole rings is 1. The molecule has 2 heteroatoms. The molecule has 0 amide bonds. The van der Waals surface area contributed by atoms with Crippen LogP contribution in [0.25, 0.3) is 0 Å². The lowest BCUT2D eigenvalue weighted by molar-refractivity contribution is -0.704. The van der Waals surface area contributed by atoms with Gasteiger partial charge in [-0.25, -0.2) is 9.13 Å². The molecule has 236 valence electrons. The van der Waals surface area contributed by atoms with E-state index in [0.29, 0.717) is 6.04 Å². The van der Waals surface area contributed by atoms with Gasteiger partial charge in [0.15, 0.2) is 0 Å². The van der Waals surface area contributed by atoms with Crippen LogP contribution in [0.2, 0.25) is 0 Å². The molecule has 1 rings (SSSR count). The number of hydrogen-bond acceptors (Lipinski definition) is 0. The zero-order valence-corrected chi connectivity index (χ0v) is 28.3. The molecule has 0 aliphatic heterocycles. The quantitative estimate of drug-likeness (QED) is 0.0631. The van der Waals surface area contributed by atoms with E-state index in [1.807, 2.05) is 0 Å². The average molecular weight is 560 g/mol. The normalized spacial score (nSPS) is 11.7. The van der Waals surface area contributed by atoms with Crippen molar-refractivity contribution in [2.45, 2.75) is 226 Å². The van der Waals surface area contributed by atoms with Crippen LogP contribution < -0.4 is 4.57 Å². The van der Waals surface area contributed by atoms with Crippen LogP contribution in [0.3, 0.4) is 0 Å². The van der Waals surface area contributed by atoms with E-state index >= 15 is 0 Å². The maximum atomic E-state index is 2.58. The third kappa shape index (κ3) is 21.0. The Morgan fingerprint density at radius 3 is 1.15 bits per heavy atom. The summed E-state index contributed by atoms with van der Waals surface area (Å²) in [5.41, 5.74) is 0. The number of unbranched alkanes of at least 4 members (excludes halogenated alkanes) is 26. The Bertz CT molecular complexity index is 631. The molecule has 0 atom stereocenters. The summed E-state index contributed by atoms with van der Waals surface area (Å²) in [5.74, 6) is 1.57. The molecule has 2 nitrogen and oxygen atoms in total. The van der Waals surface area contributed by atoms with E-state index in [2.05, 4.69) is 49.2 Å². The van der Waals surface area contributed by atoms with Crippen molar-refractivity contribution >= 4 is 0 Å². The topological polar surface area (TPSA) is 8.81 Å². The van der Waals surface area contributed by atoms with Gasteiger partial charge in [0.2, 0.25) is 0 Å². The maximum absolute atomic E-state index is 2.58. The predicted octanol–water partition coefficient (Wildman–Crippen LogP) is 12.9. The van der Waals surface area contributed by atoms with E-state index in [-0.39, 0.29) is 0 Å². The molecule has 0 fully saturated rings. The molecule has 0 N–H and O–H groups in total. The molecule has 0 saturated carbocycles. The third-order valence-electron chi connectivity index (χ3n) is 9.10. The van der Waals surface area contributed by atoms with Crippen LogP contribution in [0.5, 0.6) is 0 Å². The van der Waals surface area contributed by atoms with E-state index < -0.39 is 0 Å². The van der Waals surface area contributed by atoms with Gasteiger partial charge in [0.05, 0.1) is 12.6 Å². The van der Waals surface area contributed by atoms with Crippen molar-refractivity contribution in [3.05, 3.63) is 18.2 Å². The molecule has 1 heterocycles. The van der Waals surface area contributed by atoms with Gasteiger partial charge in [-0.1, -0.05) is 174 Å². The van der Waals surface area contributed by atoms with E-state index in [1.54, 1.807) is 5.82 Å². The summed E-state index contributed by atoms with van der Waals surface area (Å²) in [4.78, 5) is 0. The van der Waals surface area contributed by atoms with Crippen LogP contribution in [-0.2, 0) is 13.0 Å². The largest absolute Gasteiger partial charge is 0.256 e. The van der Waals surface area contributed by atoms with Crippen molar-refractivity contribution in [1.29, 1.82) is 0 Å². The molecule has 0 spiro atoms. The van der Waals surface area contributed by atoms with E-state index in [9.17, 15) is 0 Å². The van der Waals surface area contributed by atoms with Crippen molar-refractivity contribution in [3.8, 4) is 0 Å². The number of aromatic nitrogens is 2. The van der Waals surface area contributed by atoms with Crippen LogP contribution in [-0.4, -0.2) is 4.57 Å². The molecule has 0 aromatic carbocycles. The first-order valence-corrected chi connectivity index (χ1v) is 18.8. The minimum atomic E-state index is 0.569. The molecular formula is C38H75N2+. The summed E-state index contributed by atoms with van der Waals surface area (Å²) < 4.78 is 5.12. The summed E-state index contributed by atoms with van der Waals surface area (Å²) in [7, 11) is 0. The highest BCUT2D eigenvalue weighted by Gasteiger charge is 2.18. The van der Waals surface area contributed by atoms with Gasteiger partial charge in [-0.3, -0.25) is 0 Å². The molecular weight excluding hydrogens is 484 g/mol. The Labute approximate surface area is 253 Å². The molecule has 0 aliphatic rings. The second kappa shape index (κ2) is 28.3. The fourth-order valence-electron chi connectivity index (χ4n) is 6.37. The third-order valence-corrected chi connectivity index (χ3v) is 9.10. The van der Waals surface area contributed by atoms with Crippen molar-refractivity contribution < 1.29 is 4.57 Å². The molecule has 0 unspecified atom stereocenters. The Hall–Kier alpha value is -0.790. The number of nitrogens with zero attached hydrogens (tertiary/aromatic N) is 2. The van der Waals surface area contributed by atoms with Gasteiger partial charge in [-0.05, 0) is 33.1 Å². The highest BCUT2D eigenvalue weighted by molar-refractivity contribution is 4.86. The van der Waals surface area contributed by atoms with Gasteiger partial charge in [0.1, 0.15) is 12.4 Å². The second-order valence-corrected chi connectivity index (χ2v) is 13.4. The zero-order valence-electron chi connectivity index (χ0n) is 28.3. The smallest absolute Gasteiger partial charge is 0.234 e. The fraction of sp³-hybridized carbons (Fsp3) is 0.921. The molecule has 0 saturated heterocycles. The summed E-state index contributed by atoms with van der Waals surface area (Å²) >= 11 is 0. The number of rotatable bonds is 31. The summed E-state index contributed by atoms with van der Waals surface area (Å²) in [6.07, 6.45) is 46.2. The molecule has 0 aliphatic carbocycles. The Balaban J connectivity index is 2.03. The second-order valence-electron chi connectivity index (χ2n) is 13.4. The Morgan fingerprint density at radius 1 is 0.475 bits per heavy atom. The highest BCUT2D eigenvalue weighted by atomic mass is 15.2. The molecule has 0 radical (unpaired) electrons. The monoisotopic (exact) mass is 560 g/mol. The Morgan fingerprint density at radius 2 is 0.800 bits per heavy atom. The first-order chi connectivity index (χ1) is 19.7. The zero-order chi connectivity index (χ0) is 28.9. The molecule has 1 aromatic heterocycles. The van der Waals surface area contributed by atoms with Crippen molar-refractivity contribution in [3.63, 3.8) is 0 Å². The van der Waals surface area contributed by atoms with Crippen LogP contribution in [0, 0.1) is 0 Å². The van der Waals surface area contributed by atoms with Crippen LogP contribution in [0.1, 0.15) is 219 Å². The minimum absolute atomic E-state index is 0.569. The van der Waals surface area contributed by atoms with Gasteiger partial charge in [0.25, 0.3) is 5.82 Å². The first-order valence-electron chi connectivity index (χ1n) is 18.8. The molecule has 1 aromatic rings. The lowest BCUT2D eigenvalue weighted by atomic mass is 10.0. The lowest BCUT2D eigenvalue weighted by Crippen LogP contribution is -2.37. The van der Waals surface area contributed by atoms with Crippen molar-refractivity contribution in [1.82, 2.24) is 4.57 Å². The standard InChI is InChI=1S/C38H75N2/c1-5-7-9-11-13-15-17-18-19-20-21-22-24-26-28-30-32-34-39-35-36-40(37(3)4)38(39)33-31-29-27-25-23-16-14-12-10-8-6-2/h35-37H,5-34H2,1-4H3/q+1. The molecule has 0 bridgehead atoms. The average Bonchev–Trinajstić information content (AvgIpc) is 3.36. The number of aryl methyl sites for hydroxylation is 1. The van der Waals surface area contributed by atoms with Gasteiger partial charge >= 0.3 is 0 Å². The SMILES string of the molecule is CCCCCCCCCCCCCCCCCCC[n+]1ccn(C(C)C)c1CCCCCCCCCCCCC.